The molecule has 1 aliphatic heterocycles. The second-order valence-corrected chi connectivity index (χ2v) is 6.42. The smallest absolute Gasteiger partial charge is 0.00955 e. The predicted molar refractivity (Wildman–Crippen MR) is 83.1 cm³/mol. The van der Waals surface area contributed by atoms with Crippen molar-refractivity contribution < 1.29 is 0 Å². The molecule has 3 atom stereocenters. The normalized spacial score (nSPS) is 28.9. The first-order valence-corrected chi connectivity index (χ1v) is 7.65. The van der Waals surface area contributed by atoms with Crippen LogP contribution in [-0.2, 0) is 0 Å². The minimum Gasteiger partial charge on any atom is -0.305 e. The van der Waals surface area contributed by atoms with Crippen LogP contribution in [0.4, 0.5) is 0 Å². The molecular weight excluding hydrogens is 242 g/mol. The van der Waals surface area contributed by atoms with Gasteiger partial charge in [-0.1, -0.05) is 54.6 Å². The third-order valence-corrected chi connectivity index (χ3v) is 5.13. The minimum atomic E-state index is 0.583. The van der Waals surface area contributed by atoms with Gasteiger partial charge in [-0.05, 0) is 36.1 Å². The van der Waals surface area contributed by atoms with Crippen LogP contribution in [0.1, 0.15) is 34.9 Å². The average Bonchev–Trinajstić information content (AvgIpc) is 2.88. The quantitative estimate of drug-likeness (QED) is 0.755. The molecule has 2 aromatic carbocycles. The van der Waals surface area contributed by atoms with Crippen LogP contribution in [0.15, 0.2) is 54.6 Å². The van der Waals surface area contributed by atoms with E-state index in [1.165, 1.54) is 25.1 Å². The predicted octanol–water partition coefficient (Wildman–Crippen LogP) is 3.87. The van der Waals surface area contributed by atoms with Crippen LogP contribution >= 0.6 is 0 Å². The van der Waals surface area contributed by atoms with E-state index >= 15 is 0 Å². The Kier molecular flexibility index (Phi) is 2.89. The maximum absolute atomic E-state index is 2.50. The fourth-order valence-corrected chi connectivity index (χ4v) is 4.27. The first-order valence-electron chi connectivity index (χ1n) is 7.65. The first kappa shape index (κ1) is 12.2. The second-order valence-electron chi connectivity index (χ2n) is 6.42. The summed E-state index contributed by atoms with van der Waals surface area (Å²) in [4.78, 5) is 2.50. The van der Waals surface area contributed by atoms with E-state index < -0.39 is 0 Å². The molecule has 2 aromatic rings. The Morgan fingerprint density at radius 3 is 2.35 bits per heavy atom. The van der Waals surface area contributed by atoms with Gasteiger partial charge in [0.15, 0.2) is 0 Å². The van der Waals surface area contributed by atoms with E-state index in [-0.39, 0.29) is 0 Å². The van der Waals surface area contributed by atoms with Crippen molar-refractivity contribution in [3.63, 3.8) is 0 Å². The fourth-order valence-electron chi connectivity index (χ4n) is 4.27. The largest absolute Gasteiger partial charge is 0.305 e. The van der Waals surface area contributed by atoms with Crippen LogP contribution < -0.4 is 0 Å². The zero-order chi connectivity index (χ0) is 13.5. The molecule has 0 radical (unpaired) electrons. The first-order chi connectivity index (χ1) is 9.83. The van der Waals surface area contributed by atoms with Gasteiger partial charge < -0.3 is 4.90 Å². The third-order valence-electron chi connectivity index (χ3n) is 5.13. The summed E-state index contributed by atoms with van der Waals surface area (Å²) in [5.74, 6) is 2.15. The molecule has 0 amide bonds. The SMILES string of the molecule is CN1CC2CC(c3ccccc3)c3ccccc3C2C1. The van der Waals surface area contributed by atoms with Crippen LogP contribution in [0, 0.1) is 5.92 Å². The number of hydrogen-bond acceptors (Lipinski definition) is 1. The number of likely N-dealkylation sites (N-methyl/N-ethyl adjacent to an activating group) is 1. The highest BCUT2D eigenvalue weighted by Gasteiger charge is 2.39. The molecule has 2 aliphatic rings. The molecule has 0 bridgehead atoms. The van der Waals surface area contributed by atoms with Gasteiger partial charge in [-0.25, -0.2) is 0 Å². The van der Waals surface area contributed by atoms with Crippen molar-refractivity contribution in [2.45, 2.75) is 18.3 Å². The summed E-state index contributed by atoms with van der Waals surface area (Å²) in [6.07, 6.45) is 1.30. The Morgan fingerprint density at radius 2 is 1.55 bits per heavy atom. The molecule has 1 saturated heterocycles. The molecule has 0 saturated carbocycles. The number of rotatable bonds is 1. The van der Waals surface area contributed by atoms with Gasteiger partial charge in [-0.15, -0.1) is 0 Å². The summed E-state index contributed by atoms with van der Waals surface area (Å²) < 4.78 is 0. The van der Waals surface area contributed by atoms with Gasteiger partial charge in [0.2, 0.25) is 0 Å². The van der Waals surface area contributed by atoms with Crippen molar-refractivity contribution in [2.75, 3.05) is 20.1 Å². The summed E-state index contributed by atoms with van der Waals surface area (Å²) >= 11 is 0. The van der Waals surface area contributed by atoms with Crippen molar-refractivity contribution in [1.82, 2.24) is 4.90 Å². The molecule has 1 aliphatic carbocycles. The lowest BCUT2D eigenvalue weighted by Gasteiger charge is -2.34. The number of benzene rings is 2. The monoisotopic (exact) mass is 263 g/mol. The lowest BCUT2D eigenvalue weighted by molar-refractivity contribution is 0.378. The zero-order valence-electron chi connectivity index (χ0n) is 12.0. The summed E-state index contributed by atoms with van der Waals surface area (Å²) in [7, 11) is 2.26. The molecule has 4 rings (SSSR count). The standard InChI is InChI=1S/C19H21N/c1-20-12-15-11-18(14-7-3-2-4-8-14)16-9-5-6-10-17(16)19(15)13-20/h2-10,15,18-19H,11-13H2,1H3. The van der Waals surface area contributed by atoms with E-state index in [2.05, 4.69) is 66.5 Å². The lowest BCUT2D eigenvalue weighted by atomic mass is 9.70. The van der Waals surface area contributed by atoms with Gasteiger partial charge in [0, 0.05) is 24.9 Å². The van der Waals surface area contributed by atoms with Gasteiger partial charge in [0.25, 0.3) is 0 Å². The van der Waals surface area contributed by atoms with Gasteiger partial charge in [0.05, 0.1) is 0 Å². The van der Waals surface area contributed by atoms with E-state index in [4.69, 9.17) is 0 Å². The van der Waals surface area contributed by atoms with E-state index in [0.29, 0.717) is 5.92 Å². The molecule has 0 N–H and O–H groups in total. The highest BCUT2D eigenvalue weighted by atomic mass is 15.1. The Morgan fingerprint density at radius 1 is 0.850 bits per heavy atom. The van der Waals surface area contributed by atoms with Gasteiger partial charge in [-0.3, -0.25) is 0 Å². The minimum absolute atomic E-state index is 0.583. The highest BCUT2D eigenvalue weighted by molar-refractivity contribution is 5.43. The Balaban J connectivity index is 1.81. The van der Waals surface area contributed by atoms with E-state index in [9.17, 15) is 0 Å². The molecule has 1 fully saturated rings. The van der Waals surface area contributed by atoms with Crippen molar-refractivity contribution in [1.29, 1.82) is 0 Å². The zero-order valence-corrected chi connectivity index (χ0v) is 12.0. The van der Waals surface area contributed by atoms with E-state index in [1.807, 2.05) is 0 Å². The highest BCUT2D eigenvalue weighted by Crippen LogP contribution is 2.48. The Bertz CT molecular complexity index is 604. The molecule has 102 valence electrons. The third kappa shape index (κ3) is 1.89. The van der Waals surface area contributed by atoms with Crippen LogP contribution in [0.5, 0.6) is 0 Å². The summed E-state index contributed by atoms with van der Waals surface area (Å²) in [6.45, 7) is 2.48. The van der Waals surface area contributed by atoms with Crippen LogP contribution in [0.25, 0.3) is 0 Å². The Labute approximate surface area is 121 Å². The van der Waals surface area contributed by atoms with Crippen LogP contribution in [-0.4, -0.2) is 25.0 Å². The Hall–Kier alpha value is -1.60. The van der Waals surface area contributed by atoms with Crippen LogP contribution in [0.3, 0.4) is 0 Å². The molecular formula is C19H21N. The van der Waals surface area contributed by atoms with Gasteiger partial charge >= 0.3 is 0 Å². The van der Waals surface area contributed by atoms with Crippen molar-refractivity contribution in [3.8, 4) is 0 Å². The maximum atomic E-state index is 2.50. The molecule has 1 heterocycles. The maximum Gasteiger partial charge on any atom is 0.00955 e. The topological polar surface area (TPSA) is 3.24 Å². The summed E-state index contributed by atoms with van der Waals surface area (Å²) in [6, 6.07) is 20.2. The lowest BCUT2D eigenvalue weighted by Crippen LogP contribution is -2.23. The fraction of sp³-hybridized carbons (Fsp3) is 0.368. The average molecular weight is 263 g/mol. The number of fused-ring (bicyclic) bond motifs is 3. The van der Waals surface area contributed by atoms with Crippen LogP contribution in [0.2, 0.25) is 0 Å². The second kappa shape index (κ2) is 4.75. The van der Waals surface area contributed by atoms with E-state index in [1.54, 1.807) is 11.1 Å². The number of likely N-dealkylation sites (tertiary alicyclic amines) is 1. The molecule has 0 spiro atoms. The summed E-state index contributed by atoms with van der Waals surface area (Å²) in [5.41, 5.74) is 4.64. The molecule has 1 heteroatoms. The van der Waals surface area contributed by atoms with Crippen molar-refractivity contribution in [2.24, 2.45) is 5.92 Å². The van der Waals surface area contributed by atoms with Crippen molar-refractivity contribution in [3.05, 3.63) is 71.3 Å². The summed E-state index contributed by atoms with van der Waals surface area (Å²) in [5, 5.41) is 0. The van der Waals surface area contributed by atoms with Gasteiger partial charge in [-0.2, -0.15) is 0 Å². The molecule has 1 nitrogen and oxygen atoms in total. The number of hydrogen-bond donors (Lipinski definition) is 0. The molecule has 3 unspecified atom stereocenters. The molecule has 20 heavy (non-hydrogen) atoms. The van der Waals surface area contributed by atoms with Crippen molar-refractivity contribution >= 4 is 0 Å². The number of nitrogens with zero attached hydrogens (tertiary/aromatic N) is 1. The van der Waals surface area contributed by atoms with E-state index in [0.717, 1.165) is 11.8 Å². The van der Waals surface area contributed by atoms with Gasteiger partial charge in [0.1, 0.15) is 0 Å². The molecule has 0 aromatic heterocycles.